The molecule has 11 heteroatoms. The highest BCUT2D eigenvalue weighted by molar-refractivity contribution is 7.92. The SMILES string of the molecule is CC(=O)c1ccc(N2CCN(C(=S)Nc3ccc(S(=O)(=O)Nc4ncccn4)cc3)CC2)cc1. The van der Waals surface area contributed by atoms with Crippen LogP contribution in [0, 0.1) is 0 Å². The number of nitrogens with zero attached hydrogens (tertiary/aromatic N) is 4. The number of ketones is 1. The van der Waals surface area contributed by atoms with Crippen molar-refractivity contribution in [2.24, 2.45) is 0 Å². The van der Waals surface area contributed by atoms with Gasteiger partial charge in [0, 0.05) is 55.5 Å². The average Bonchev–Trinajstić information content (AvgIpc) is 2.85. The topological polar surface area (TPSA) is 108 Å². The molecule has 0 bridgehead atoms. The van der Waals surface area contributed by atoms with Gasteiger partial charge >= 0.3 is 0 Å². The Kier molecular flexibility index (Phi) is 7.03. The molecule has 0 spiro atoms. The van der Waals surface area contributed by atoms with Gasteiger partial charge in [-0.15, -0.1) is 0 Å². The number of anilines is 3. The Labute approximate surface area is 203 Å². The van der Waals surface area contributed by atoms with Crippen LogP contribution in [0.5, 0.6) is 0 Å². The van der Waals surface area contributed by atoms with Crippen LogP contribution in [0.3, 0.4) is 0 Å². The first-order chi connectivity index (χ1) is 16.3. The molecule has 0 atom stereocenters. The summed E-state index contributed by atoms with van der Waals surface area (Å²) in [5, 5.41) is 3.76. The van der Waals surface area contributed by atoms with Crippen molar-refractivity contribution in [3.05, 3.63) is 72.6 Å². The van der Waals surface area contributed by atoms with Crippen molar-refractivity contribution in [3.8, 4) is 0 Å². The second-order valence-corrected chi connectivity index (χ2v) is 9.78. The van der Waals surface area contributed by atoms with Gasteiger partial charge in [-0.3, -0.25) is 4.79 Å². The van der Waals surface area contributed by atoms with E-state index in [2.05, 4.69) is 29.8 Å². The van der Waals surface area contributed by atoms with Crippen molar-refractivity contribution in [3.63, 3.8) is 0 Å². The van der Waals surface area contributed by atoms with E-state index in [1.807, 2.05) is 24.3 Å². The van der Waals surface area contributed by atoms with Crippen LogP contribution in [0.1, 0.15) is 17.3 Å². The zero-order chi connectivity index (χ0) is 24.1. The van der Waals surface area contributed by atoms with Gasteiger partial charge < -0.3 is 15.1 Å². The maximum atomic E-state index is 12.5. The molecule has 0 aliphatic carbocycles. The van der Waals surface area contributed by atoms with E-state index in [4.69, 9.17) is 12.2 Å². The molecule has 0 saturated carbocycles. The zero-order valence-corrected chi connectivity index (χ0v) is 20.1. The molecule has 176 valence electrons. The number of hydrogen-bond acceptors (Lipinski definition) is 7. The van der Waals surface area contributed by atoms with Crippen molar-refractivity contribution in [1.82, 2.24) is 14.9 Å². The molecule has 3 aromatic rings. The Bertz CT molecular complexity index is 1260. The first-order valence-electron chi connectivity index (χ1n) is 10.6. The van der Waals surface area contributed by atoms with Gasteiger partial charge in [0.25, 0.3) is 10.0 Å². The van der Waals surface area contributed by atoms with Crippen molar-refractivity contribution in [2.45, 2.75) is 11.8 Å². The molecule has 1 saturated heterocycles. The number of piperazine rings is 1. The number of hydrogen-bond donors (Lipinski definition) is 2. The molecule has 1 fully saturated rings. The minimum atomic E-state index is -3.79. The summed E-state index contributed by atoms with van der Waals surface area (Å²) in [5.41, 5.74) is 2.48. The molecule has 1 aliphatic heterocycles. The van der Waals surface area contributed by atoms with Gasteiger partial charge in [0.15, 0.2) is 10.9 Å². The number of nitrogens with one attached hydrogen (secondary N) is 2. The lowest BCUT2D eigenvalue weighted by atomic mass is 10.1. The Morgan fingerprint density at radius 3 is 2.15 bits per heavy atom. The van der Waals surface area contributed by atoms with E-state index < -0.39 is 10.0 Å². The fourth-order valence-corrected chi connectivity index (χ4v) is 4.78. The fraction of sp³-hybridized carbons (Fsp3) is 0.217. The third-order valence-corrected chi connectivity index (χ3v) is 7.12. The summed E-state index contributed by atoms with van der Waals surface area (Å²) in [6.07, 6.45) is 2.92. The maximum absolute atomic E-state index is 12.5. The Balaban J connectivity index is 1.31. The number of Topliss-reactive ketones (excluding diaryl/α,β-unsaturated/α-hetero) is 1. The Hall–Kier alpha value is -3.57. The van der Waals surface area contributed by atoms with Crippen molar-refractivity contribution in [1.29, 1.82) is 0 Å². The number of thiocarbonyl (C=S) groups is 1. The molecule has 2 N–H and O–H groups in total. The van der Waals surface area contributed by atoms with Gasteiger partial charge in [-0.05, 0) is 73.7 Å². The van der Waals surface area contributed by atoms with Crippen LogP contribution in [0.15, 0.2) is 71.9 Å². The van der Waals surface area contributed by atoms with Gasteiger partial charge in [-0.2, -0.15) is 0 Å². The summed E-state index contributed by atoms with van der Waals surface area (Å²) >= 11 is 5.56. The summed E-state index contributed by atoms with van der Waals surface area (Å²) in [5.74, 6) is 0.0692. The Morgan fingerprint density at radius 2 is 1.56 bits per heavy atom. The van der Waals surface area contributed by atoms with E-state index in [1.165, 1.54) is 24.5 Å². The number of aromatic nitrogens is 2. The van der Waals surface area contributed by atoms with E-state index in [0.29, 0.717) is 16.4 Å². The van der Waals surface area contributed by atoms with Crippen LogP contribution in [-0.4, -0.2) is 60.4 Å². The summed E-state index contributed by atoms with van der Waals surface area (Å²) in [4.78, 5) is 23.7. The molecule has 1 aliphatic rings. The molecule has 1 aromatic heterocycles. The second kappa shape index (κ2) is 10.1. The van der Waals surface area contributed by atoms with Crippen LogP contribution < -0.4 is 14.9 Å². The lowest BCUT2D eigenvalue weighted by Crippen LogP contribution is -2.50. The van der Waals surface area contributed by atoms with Crippen LogP contribution in [-0.2, 0) is 10.0 Å². The van der Waals surface area contributed by atoms with Crippen LogP contribution in [0.4, 0.5) is 17.3 Å². The van der Waals surface area contributed by atoms with Gasteiger partial charge in [-0.25, -0.2) is 23.1 Å². The summed E-state index contributed by atoms with van der Waals surface area (Å²) < 4.78 is 27.4. The first-order valence-corrected chi connectivity index (χ1v) is 12.5. The smallest absolute Gasteiger partial charge is 0.264 e. The minimum absolute atomic E-state index is 0.0137. The largest absolute Gasteiger partial charge is 0.368 e. The van der Waals surface area contributed by atoms with Crippen LogP contribution in [0.2, 0.25) is 0 Å². The Morgan fingerprint density at radius 1 is 0.941 bits per heavy atom. The molecular formula is C23H24N6O3S2. The van der Waals surface area contributed by atoms with Gasteiger partial charge in [0.2, 0.25) is 5.95 Å². The van der Waals surface area contributed by atoms with E-state index in [1.54, 1.807) is 25.1 Å². The van der Waals surface area contributed by atoms with Crippen molar-refractivity contribution < 1.29 is 13.2 Å². The molecule has 4 rings (SSSR count). The van der Waals surface area contributed by atoms with Crippen LogP contribution >= 0.6 is 12.2 Å². The van der Waals surface area contributed by atoms with Crippen LogP contribution in [0.25, 0.3) is 0 Å². The summed E-state index contributed by atoms with van der Waals surface area (Å²) in [6.45, 7) is 4.64. The minimum Gasteiger partial charge on any atom is -0.368 e. The number of carbonyl (C=O) groups is 1. The molecule has 34 heavy (non-hydrogen) atoms. The lowest BCUT2D eigenvalue weighted by Gasteiger charge is -2.37. The van der Waals surface area contributed by atoms with Gasteiger partial charge in [-0.1, -0.05) is 0 Å². The number of carbonyl (C=O) groups excluding carboxylic acids is 1. The third kappa shape index (κ3) is 5.67. The summed E-state index contributed by atoms with van der Waals surface area (Å²) in [6, 6.07) is 15.6. The van der Waals surface area contributed by atoms with Gasteiger partial charge in [0.05, 0.1) is 4.90 Å². The predicted octanol–water partition coefficient (Wildman–Crippen LogP) is 3.00. The highest BCUT2D eigenvalue weighted by Crippen LogP contribution is 2.20. The van der Waals surface area contributed by atoms with Crippen molar-refractivity contribution in [2.75, 3.05) is 41.1 Å². The molecular weight excluding hydrogens is 472 g/mol. The monoisotopic (exact) mass is 496 g/mol. The average molecular weight is 497 g/mol. The maximum Gasteiger partial charge on any atom is 0.264 e. The van der Waals surface area contributed by atoms with E-state index in [9.17, 15) is 13.2 Å². The molecule has 2 heterocycles. The predicted molar refractivity (Wildman–Crippen MR) is 136 cm³/mol. The number of sulfonamides is 1. The molecule has 0 unspecified atom stereocenters. The highest BCUT2D eigenvalue weighted by atomic mass is 32.2. The molecule has 0 amide bonds. The molecule has 0 radical (unpaired) electrons. The first kappa shape index (κ1) is 23.6. The van der Waals surface area contributed by atoms with E-state index in [0.717, 1.165) is 31.9 Å². The quantitative estimate of drug-likeness (QED) is 0.393. The summed E-state index contributed by atoms with van der Waals surface area (Å²) in [7, 11) is -3.79. The second-order valence-electron chi connectivity index (χ2n) is 7.71. The fourth-order valence-electron chi connectivity index (χ4n) is 3.53. The third-order valence-electron chi connectivity index (χ3n) is 5.41. The zero-order valence-electron chi connectivity index (χ0n) is 18.5. The number of rotatable bonds is 6. The number of benzene rings is 2. The molecule has 9 nitrogen and oxygen atoms in total. The standard InChI is InChI=1S/C23H24N6O3S2/c1-17(30)18-3-7-20(8-4-18)28-13-15-29(16-14-28)23(33)26-19-5-9-21(10-6-19)34(31,32)27-22-24-11-2-12-25-22/h2-12H,13-16H2,1H3,(H,26,33)(H,24,25,27). The van der Waals surface area contributed by atoms with E-state index in [-0.39, 0.29) is 16.6 Å². The van der Waals surface area contributed by atoms with Crippen molar-refractivity contribution >= 4 is 50.5 Å². The highest BCUT2D eigenvalue weighted by Gasteiger charge is 2.20. The lowest BCUT2D eigenvalue weighted by molar-refractivity contribution is 0.101. The molecule has 2 aromatic carbocycles. The van der Waals surface area contributed by atoms with E-state index >= 15 is 0 Å². The van der Waals surface area contributed by atoms with Gasteiger partial charge in [0.1, 0.15) is 0 Å². The normalized spacial score (nSPS) is 13.9.